The van der Waals surface area contributed by atoms with Gasteiger partial charge in [-0.25, -0.2) is 0 Å². The van der Waals surface area contributed by atoms with Crippen molar-refractivity contribution in [1.29, 1.82) is 0 Å². The van der Waals surface area contributed by atoms with E-state index in [1.165, 1.54) is 0 Å². The first-order chi connectivity index (χ1) is 14.9. The van der Waals surface area contributed by atoms with Crippen LogP contribution in [0.15, 0.2) is 18.2 Å². The summed E-state index contributed by atoms with van der Waals surface area (Å²) >= 11 is 0. The van der Waals surface area contributed by atoms with Crippen LogP contribution in [0.5, 0.6) is 0 Å². The fourth-order valence-corrected chi connectivity index (χ4v) is 5.56. The Bertz CT molecular complexity index is 971. The largest absolute Gasteiger partial charge is 0.380 e. The van der Waals surface area contributed by atoms with Crippen LogP contribution in [0.1, 0.15) is 58.4 Å². The number of nitrogens with zero attached hydrogens (tertiary/aromatic N) is 2. The van der Waals surface area contributed by atoms with Crippen LogP contribution < -0.4 is 11.1 Å². The molecule has 9 heteroatoms. The molecule has 1 aromatic rings. The van der Waals surface area contributed by atoms with Gasteiger partial charge in [-0.1, -0.05) is 12.1 Å². The van der Waals surface area contributed by atoms with Gasteiger partial charge in [0.25, 0.3) is 11.8 Å². The van der Waals surface area contributed by atoms with Crippen molar-refractivity contribution in [2.24, 2.45) is 5.73 Å². The van der Waals surface area contributed by atoms with E-state index in [0.717, 1.165) is 36.3 Å². The number of hydrogen-bond acceptors (Lipinski definition) is 7. The zero-order valence-electron chi connectivity index (χ0n) is 17.3. The van der Waals surface area contributed by atoms with Crippen molar-refractivity contribution in [3.05, 3.63) is 34.9 Å². The van der Waals surface area contributed by atoms with Crippen LogP contribution in [0.2, 0.25) is 0 Å². The number of amides is 4. The maximum absolute atomic E-state index is 13.3. The summed E-state index contributed by atoms with van der Waals surface area (Å²) in [6, 6.07) is 4.33. The van der Waals surface area contributed by atoms with Gasteiger partial charge < -0.3 is 10.5 Å². The number of imide groups is 2. The number of carbonyl (C=O) groups excluding carboxylic acids is 4. The lowest BCUT2D eigenvalue weighted by Gasteiger charge is -2.41. The van der Waals surface area contributed by atoms with Crippen LogP contribution in [0, 0.1) is 0 Å². The second-order valence-corrected chi connectivity index (χ2v) is 9.01. The molecule has 31 heavy (non-hydrogen) atoms. The number of hydrogen-bond donors (Lipinski definition) is 2. The monoisotopic (exact) mass is 426 g/mol. The number of ether oxygens (including phenoxy) is 1. The molecule has 4 aliphatic heterocycles. The summed E-state index contributed by atoms with van der Waals surface area (Å²) in [4.78, 5) is 53.5. The van der Waals surface area contributed by atoms with Crippen molar-refractivity contribution in [1.82, 2.24) is 15.1 Å². The first-order valence-electron chi connectivity index (χ1n) is 10.8. The highest BCUT2D eigenvalue weighted by Crippen LogP contribution is 2.38. The molecular formula is C22H26N4O5. The molecule has 0 aromatic heterocycles. The molecule has 0 saturated carbocycles. The Morgan fingerprint density at radius 3 is 2.77 bits per heavy atom. The number of likely N-dealkylation sites (tertiary alicyclic amines) is 1. The molecule has 0 aliphatic carbocycles. The Balaban J connectivity index is 1.45. The second-order valence-electron chi connectivity index (χ2n) is 9.01. The van der Waals surface area contributed by atoms with Crippen molar-refractivity contribution in [3.8, 4) is 0 Å². The molecule has 0 bridgehead atoms. The third-order valence-corrected chi connectivity index (χ3v) is 6.99. The van der Waals surface area contributed by atoms with Gasteiger partial charge in [0.05, 0.1) is 17.7 Å². The lowest BCUT2D eigenvalue weighted by molar-refractivity contribution is -0.136. The summed E-state index contributed by atoms with van der Waals surface area (Å²) in [7, 11) is 0. The van der Waals surface area contributed by atoms with Crippen LogP contribution in [-0.2, 0) is 20.9 Å². The van der Waals surface area contributed by atoms with Gasteiger partial charge in [-0.15, -0.1) is 0 Å². The zero-order chi connectivity index (χ0) is 21.8. The standard InChI is InChI=1S/C22H26N4O5/c23-14-9-22(7-2-8-31-12-22)25(11-14)10-13-3-1-4-15-18(13)21(30)26(20(15)29)16-5-6-17(27)24-19(16)28/h1,3-4,14,16H,2,5-12,23H2,(H,24,27,28). The molecule has 5 rings (SSSR count). The maximum atomic E-state index is 13.3. The zero-order valence-corrected chi connectivity index (χ0v) is 17.3. The number of fused-ring (bicyclic) bond motifs is 1. The predicted octanol–water partition coefficient (Wildman–Crippen LogP) is 0.170. The van der Waals surface area contributed by atoms with Crippen molar-refractivity contribution in [2.45, 2.75) is 56.3 Å². The highest BCUT2D eigenvalue weighted by atomic mass is 16.5. The SMILES string of the molecule is NC1CN(Cc2cccc3c2C(=O)N(C2CCC(=O)NC2=O)C3=O)C2(CCCOC2)C1. The second kappa shape index (κ2) is 7.51. The molecule has 9 nitrogen and oxygen atoms in total. The van der Waals surface area contributed by atoms with E-state index in [4.69, 9.17) is 10.5 Å². The van der Waals surface area contributed by atoms with Gasteiger partial charge >= 0.3 is 0 Å². The maximum Gasteiger partial charge on any atom is 0.262 e. The molecule has 0 radical (unpaired) electrons. The molecule has 3 saturated heterocycles. The molecule has 3 fully saturated rings. The molecule has 4 aliphatic rings. The number of carbonyl (C=O) groups is 4. The number of benzene rings is 1. The highest BCUT2D eigenvalue weighted by molar-refractivity contribution is 6.24. The summed E-state index contributed by atoms with van der Waals surface area (Å²) in [5.74, 6) is -1.94. The Morgan fingerprint density at radius 2 is 2.03 bits per heavy atom. The Labute approximate surface area is 179 Å². The van der Waals surface area contributed by atoms with Crippen LogP contribution in [-0.4, -0.2) is 70.8 Å². The number of nitrogens with two attached hydrogens (primary N) is 1. The summed E-state index contributed by atoms with van der Waals surface area (Å²) in [5, 5.41) is 2.23. The molecule has 4 amide bonds. The first-order valence-corrected chi connectivity index (χ1v) is 10.8. The quantitative estimate of drug-likeness (QED) is 0.661. The average Bonchev–Trinajstić information content (AvgIpc) is 3.17. The van der Waals surface area contributed by atoms with Gasteiger partial charge in [-0.05, 0) is 37.3 Å². The average molecular weight is 426 g/mol. The summed E-state index contributed by atoms with van der Waals surface area (Å²) in [6.07, 6.45) is 3.05. The molecule has 3 N–H and O–H groups in total. The lowest BCUT2D eigenvalue weighted by atomic mass is 9.88. The van der Waals surface area contributed by atoms with Crippen LogP contribution in [0.25, 0.3) is 0 Å². The normalized spacial score (nSPS) is 31.5. The van der Waals surface area contributed by atoms with Gasteiger partial charge in [0, 0.05) is 37.7 Å². The predicted molar refractivity (Wildman–Crippen MR) is 109 cm³/mol. The third kappa shape index (κ3) is 3.28. The van der Waals surface area contributed by atoms with Crippen LogP contribution >= 0.6 is 0 Å². The first kappa shape index (κ1) is 20.3. The van der Waals surface area contributed by atoms with Gasteiger partial charge in [0.15, 0.2) is 0 Å². The topological polar surface area (TPSA) is 122 Å². The fourth-order valence-electron chi connectivity index (χ4n) is 5.56. The smallest absolute Gasteiger partial charge is 0.262 e. The highest BCUT2D eigenvalue weighted by Gasteiger charge is 2.48. The molecule has 1 spiro atoms. The van der Waals surface area contributed by atoms with Crippen LogP contribution in [0.4, 0.5) is 0 Å². The van der Waals surface area contributed by atoms with Gasteiger partial charge in [-0.2, -0.15) is 0 Å². The molecule has 4 heterocycles. The Kier molecular flexibility index (Phi) is 4.91. The van der Waals surface area contributed by atoms with Crippen molar-refractivity contribution >= 4 is 23.6 Å². The number of piperidine rings is 1. The minimum absolute atomic E-state index is 0.0377. The van der Waals surface area contributed by atoms with E-state index in [2.05, 4.69) is 10.2 Å². The van der Waals surface area contributed by atoms with Crippen molar-refractivity contribution in [3.63, 3.8) is 0 Å². The Morgan fingerprint density at radius 1 is 1.19 bits per heavy atom. The minimum Gasteiger partial charge on any atom is -0.380 e. The van der Waals surface area contributed by atoms with Gasteiger partial charge in [0.1, 0.15) is 6.04 Å². The number of nitrogens with one attached hydrogen (secondary N) is 1. The van der Waals surface area contributed by atoms with Crippen LogP contribution in [0.3, 0.4) is 0 Å². The molecule has 164 valence electrons. The van der Waals surface area contributed by atoms with E-state index < -0.39 is 23.8 Å². The van der Waals surface area contributed by atoms with Gasteiger partial charge in [-0.3, -0.25) is 34.3 Å². The van der Waals surface area contributed by atoms with E-state index >= 15 is 0 Å². The summed E-state index contributed by atoms with van der Waals surface area (Å²) < 4.78 is 5.77. The van der Waals surface area contributed by atoms with E-state index in [1.54, 1.807) is 12.1 Å². The number of rotatable bonds is 3. The van der Waals surface area contributed by atoms with E-state index in [9.17, 15) is 19.2 Å². The summed E-state index contributed by atoms with van der Waals surface area (Å²) in [5.41, 5.74) is 7.57. The summed E-state index contributed by atoms with van der Waals surface area (Å²) in [6.45, 7) is 2.55. The van der Waals surface area contributed by atoms with E-state index in [0.29, 0.717) is 30.8 Å². The molecule has 3 atom stereocenters. The van der Waals surface area contributed by atoms with E-state index in [-0.39, 0.29) is 30.3 Å². The van der Waals surface area contributed by atoms with Gasteiger partial charge in [0.2, 0.25) is 11.8 Å². The molecular weight excluding hydrogens is 400 g/mol. The van der Waals surface area contributed by atoms with Crippen molar-refractivity contribution in [2.75, 3.05) is 19.8 Å². The molecule has 3 unspecified atom stereocenters. The van der Waals surface area contributed by atoms with E-state index in [1.807, 2.05) is 6.07 Å². The minimum atomic E-state index is -0.962. The van der Waals surface area contributed by atoms with Crippen molar-refractivity contribution < 1.29 is 23.9 Å². The fraction of sp³-hybridized carbons (Fsp3) is 0.545. The lowest BCUT2D eigenvalue weighted by Crippen LogP contribution is -2.54. The third-order valence-electron chi connectivity index (χ3n) is 6.99. The molecule has 1 aromatic carbocycles. The Hall–Kier alpha value is -2.62.